The van der Waals surface area contributed by atoms with E-state index in [1.165, 1.54) is 0 Å². The molecule has 0 heterocycles. The molecular formula is H9BBaO4Si. The average molecular weight is 249 g/mol. The molecule has 7 heavy (non-hydrogen) atoms. The molecule has 0 aromatic carbocycles. The summed E-state index contributed by atoms with van der Waals surface area (Å²) in [5, 5.41) is 0. The molecule has 0 fully saturated rings. The summed E-state index contributed by atoms with van der Waals surface area (Å²) in [5.41, 5.74) is 0. The Hall–Kier alpha value is 1.69. The Morgan fingerprint density at radius 3 is 0.857 bits per heavy atom. The summed E-state index contributed by atoms with van der Waals surface area (Å²) in [4.78, 5) is 29.3. The predicted molar refractivity (Wildman–Crippen MR) is 33.1 cm³/mol. The van der Waals surface area contributed by atoms with Crippen LogP contribution in [0.1, 0.15) is 0 Å². The number of hydrogen-bond acceptors (Lipinski definition) is 4. The van der Waals surface area contributed by atoms with Crippen LogP contribution >= 0.6 is 0 Å². The zero-order valence-corrected chi connectivity index (χ0v) is 3.29. The van der Waals surface area contributed by atoms with Crippen LogP contribution in [0.15, 0.2) is 0 Å². The normalized spacial score (nSPS) is 8.57. The average Bonchev–Trinajstić information content (AvgIpc) is 0.722. The van der Waals surface area contributed by atoms with Crippen LogP contribution in [-0.4, -0.2) is 85.5 Å². The molecule has 4 nitrogen and oxygen atoms in total. The molecule has 0 aliphatic heterocycles. The van der Waals surface area contributed by atoms with Crippen LogP contribution in [0.4, 0.5) is 0 Å². The predicted octanol–water partition coefficient (Wildman–Crippen LogP) is -4.71. The molecule has 0 radical (unpaired) electrons. The van der Waals surface area contributed by atoms with Crippen molar-refractivity contribution >= 4 is 66.3 Å². The molecule has 0 aromatic heterocycles. The Morgan fingerprint density at radius 2 is 0.857 bits per heavy atom. The minimum absolute atomic E-state index is 0. The van der Waals surface area contributed by atoms with Crippen molar-refractivity contribution in [3.05, 3.63) is 0 Å². The van der Waals surface area contributed by atoms with Gasteiger partial charge in [0.15, 0.2) is 0 Å². The summed E-state index contributed by atoms with van der Waals surface area (Å²) < 4.78 is 0. The van der Waals surface area contributed by atoms with Gasteiger partial charge in [-0.1, -0.05) is 0 Å². The first kappa shape index (κ1) is 15.9. The van der Waals surface area contributed by atoms with Gasteiger partial charge in [0.1, 0.15) is 0 Å². The van der Waals surface area contributed by atoms with Gasteiger partial charge < -0.3 is 19.2 Å². The fraction of sp³-hybridized carbons (Fsp3) is 0. The van der Waals surface area contributed by atoms with Crippen LogP contribution in [-0.2, 0) is 0 Å². The topological polar surface area (TPSA) is 80.9 Å². The third kappa shape index (κ3) is 87.0. The van der Waals surface area contributed by atoms with E-state index in [2.05, 4.69) is 0 Å². The maximum absolute atomic E-state index is 7.33. The Labute approximate surface area is 84.3 Å². The Balaban J connectivity index is -0.0000000800. The molecule has 0 spiro atoms. The first-order valence-corrected chi connectivity index (χ1v) is 2.68. The second-order valence-corrected chi connectivity index (χ2v) is 1.80. The van der Waals surface area contributed by atoms with Crippen molar-refractivity contribution in [3.8, 4) is 0 Å². The molecule has 0 aromatic rings. The molecule has 0 atom stereocenters. The van der Waals surface area contributed by atoms with E-state index in [1.807, 2.05) is 0 Å². The van der Waals surface area contributed by atoms with Crippen LogP contribution in [0.2, 0.25) is 0 Å². The Bertz CT molecular complexity index is 27.2. The third-order valence-corrected chi connectivity index (χ3v) is 0. The fourth-order valence-electron chi connectivity index (χ4n) is 0. The maximum atomic E-state index is 7.33. The van der Waals surface area contributed by atoms with Gasteiger partial charge in [-0.05, 0) is 0 Å². The van der Waals surface area contributed by atoms with Crippen LogP contribution in [0, 0.1) is 0 Å². The van der Waals surface area contributed by atoms with Gasteiger partial charge in [-0.25, -0.2) is 0 Å². The molecule has 42 valence electrons. The summed E-state index contributed by atoms with van der Waals surface area (Å²) in [6.07, 6.45) is 0. The molecule has 7 heteroatoms. The van der Waals surface area contributed by atoms with Gasteiger partial charge in [0.05, 0.1) is 8.41 Å². The van der Waals surface area contributed by atoms with Crippen molar-refractivity contribution in [1.82, 2.24) is 0 Å². The van der Waals surface area contributed by atoms with Gasteiger partial charge in [0.25, 0.3) is 0 Å². The van der Waals surface area contributed by atoms with Crippen LogP contribution in [0.3, 0.4) is 0 Å². The standard InChI is InChI=1S/BH3.Ba.H4O4Si.2H/c;;1-5(2,3)4;;/h1H3;;1-4H;;. The quantitative estimate of drug-likeness (QED) is 0.325. The van der Waals surface area contributed by atoms with Gasteiger partial charge in [0.2, 0.25) is 0 Å². The van der Waals surface area contributed by atoms with E-state index in [-0.39, 0.29) is 57.3 Å². The molecule has 0 aliphatic carbocycles. The van der Waals surface area contributed by atoms with Gasteiger partial charge in [-0.2, -0.15) is 0 Å². The van der Waals surface area contributed by atoms with Crippen molar-refractivity contribution in [3.63, 3.8) is 0 Å². The second-order valence-electron chi connectivity index (χ2n) is 0.600. The van der Waals surface area contributed by atoms with Gasteiger partial charge in [-0.3, -0.25) is 0 Å². The van der Waals surface area contributed by atoms with E-state index in [0.29, 0.717) is 0 Å². The molecule has 0 amide bonds. The van der Waals surface area contributed by atoms with Crippen molar-refractivity contribution in [2.24, 2.45) is 0 Å². The molecule has 0 saturated carbocycles. The van der Waals surface area contributed by atoms with Crippen LogP contribution < -0.4 is 0 Å². The molecule has 4 N–H and O–H groups in total. The third-order valence-electron chi connectivity index (χ3n) is 0. The Morgan fingerprint density at radius 1 is 0.857 bits per heavy atom. The molecule has 0 bridgehead atoms. The number of hydrogen-bond donors (Lipinski definition) is 4. The molecule has 0 unspecified atom stereocenters. The molecular weight excluding hydrogens is 240 g/mol. The van der Waals surface area contributed by atoms with Gasteiger partial charge >= 0.3 is 57.9 Å². The Kier molecular flexibility index (Phi) is 13.2. The monoisotopic (exact) mass is 250 g/mol. The first-order valence-electron chi connectivity index (χ1n) is 0.894. The molecule has 0 aliphatic rings. The van der Waals surface area contributed by atoms with Crippen molar-refractivity contribution in [2.75, 3.05) is 0 Å². The van der Waals surface area contributed by atoms with Crippen LogP contribution in [0.5, 0.6) is 0 Å². The fourth-order valence-corrected chi connectivity index (χ4v) is 0. The summed E-state index contributed by atoms with van der Waals surface area (Å²) in [6, 6.07) is 0. The van der Waals surface area contributed by atoms with Crippen LogP contribution in [0.25, 0.3) is 0 Å². The molecule has 0 rings (SSSR count). The first-order chi connectivity index (χ1) is 2.00. The van der Waals surface area contributed by atoms with E-state index in [1.54, 1.807) is 0 Å². The van der Waals surface area contributed by atoms with E-state index >= 15 is 0 Å². The SMILES string of the molecule is B.O[Si](O)(O)O.[BaH2]. The van der Waals surface area contributed by atoms with E-state index in [4.69, 9.17) is 19.2 Å². The zero-order chi connectivity index (χ0) is 4.50. The van der Waals surface area contributed by atoms with Crippen molar-refractivity contribution in [1.29, 1.82) is 0 Å². The summed E-state index contributed by atoms with van der Waals surface area (Å²) in [6.45, 7) is 0. The van der Waals surface area contributed by atoms with Crippen molar-refractivity contribution < 1.29 is 19.2 Å². The number of rotatable bonds is 0. The minimum atomic E-state index is -4.61. The summed E-state index contributed by atoms with van der Waals surface area (Å²) in [5.74, 6) is 0. The molecule has 0 saturated heterocycles. The zero-order valence-electron chi connectivity index (χ0n) is 2.29. The summed E-state index contributed by atoms with van der Waals surface area (Å²) >= 11 is 0. The summed E-state index contributed by atoms with van der Waals surface area (Å²) in [7, 11) is -4.61. The van der Waals surface area contributed by atoms with E-state index < -0.39 is 9.05 Å². The van der Waals surface area contributed by atoms with E-state index in [0.717, 1.165) is 0 Å². The second kappa shape index (κ2) is 5.82. The van der Waals surface area contributed by atoms with Gasteiger partial charge in [-0.15, -0.1) is 0 Å². The van der Waals surface area contributed by atoms with E-state index in [9.17, 15) is 0 Å². The van der Waals surface area contributed by atoms with Gasteiger partial charge in [0, 0.05) is 0 Å². The van der Waals surface area contributed by atoms with Crippen molar-refractivity contribution in [2.45, 2.75) is 0 Å².